The first-order valence-electron chi connectivity index (χ1n) is 4.38. The summed E-state index contributed by atoms with van der Waals surface area (Å²) in [6.07, 6.45) is 5.39. The predicted octanol–water partition coefficient (Wildman–Crippen LogP) is 1.61. The number of likely N-dealkylation sites (tertiary alicyclic amines) is 1. The number of carbonyl (C=O) groups is 1. The first kappa shape index (κ1) is 8.10. The molecule has 68 valence electrons. The van der Waals surface area contributed by atoms with Crippen LogP contribution in [0, 0.1) is 0 Å². The molecule has 1 aromatic heterocycles. The zero-order chi connectivity index (χ0) is 9.26. The average molecular weight is 176 g/mol. The molecule has 0 bridgehead atoms. The molecule has 13 heavy (non-hydrogen) atoms. The highest BCUT2D eigenvalue weighted by Crippen LogP contribution is 2.21. The SMILES string of the molecule is CN1C(=O)CC/C1=C\c1ccc[nH]1. The summed E-state index contributed by atoms with van der Waals surface area (Å²) in [6, 6.07) is 3.94. The van der Waals surface area contributed by atoms with Crippen molar-refractivity contribution < 1.29 is 4.79 Å². The van der Waals surface area contributed by atoms with Crippen LogP contribution >= 0.6 is 0 Å². The minimum absolute atomic E-state index is 0.206. The summed E-state index contributed by atoms with van der Waals surface area (Å²) in [7, 11) is 1.82. The minimum atomic E-state index is 0.206. The van der Waals surface area contributed by atoms with Gasteiger partial charge in [-0.1, -0.05) is 0 Å². The number of amides is 1. The first-order valence-corrected chi connectivity index (χ1v) is 4.38. The fourth-order valence-electron chi connectivity index (χ4n) is 1.51. The number of rotatable bonds is 1. The van der Waals surface area contributed by atoms with Gasteiger partial charge in [0.1, 0.15) is 0 Å². The number of aromatic amines is 1. The zero-order valence-corrected chi connectivity index (χ0v) is 7.58. The molecule has 0 unspecified atom stereocenters. The summed E-state index contributed by atoms with van der Waals surface area (Å²) in [5, 5.41) is 0. The highest BCUT2D eigenvalue weighted by molar-refractivity contribution is 5.82. The molecule has 0 saturated carbocycles. The van der Waals surface area contributed by atoms with E-state index in [1.807, 2.05) is 31.5 Å². The quantitative estimate of drug-likeness (QED) is 0.693. The molecular weight excluding hydrogens is 164 g/mol. The molecule has 3 nitrogen and oxygen atoms in total. The maximum Gasteiger partial charge on any atom is 0.226 e. The van der Waals surface area contributed by atoms with Crippen molar-refractivity contribution in [2.24, 2.45) is 0 Å². The Bertz CT molecular complexity index is 338. The van der Waals surface area contributed by atoms with Crippen LogP contribution in [0.25, 0.3) is 6.08 Å². The maximum atomic E-state index is 11.2. The lowest BCUT2D eigenvalue weighted by molar-refractivity contribution is -0.125. The largest absolute Gasteiger partial charge is 0.362 e. The van der Waals surface area contributed by atoms with Crippen molar-refractivity contribution in [3.63, 3.8) is 0 Å². The average Bonchev–Trinajstić information content (AvgIpc) is 2.71. The summed E-state index contributed by atoms with van der Waals surface area (Å²) < 4.78 is 0. The number of carbonyl (C=O) groups excluding carboxylic acids is 1. The number of hydrogen-bond donors (Lipinski definition) is 1. The summed E-state index contributed by atoms with van der Waals surface area (Å²) in [5.41, 5.74) is 2.14. The standard InChI is InChI=1S/C10H12N2O/c1-12-9(4-5-10(12)13)7-8-3-2-6-11-8/h2-3,6-7,11H,4-5H2,1H3/b9-7+. The lowest BCUT2D eigenvalue weighted by Crippen LogP contribution is -2.16. The Hall–Kier alpha value is -1.51. The van der Waals surface area contributed by atoms with Gasteiger partial charge in [0.15, 0.2) is 0 Å². The highest BCUT2D eigenvalue weighted by Gasteiger charge is 2.21. The smallest absolute Gasteiger partial charge is 0.226 e. The summed E-state index contributed by atoms with van der Waals surface area (Å²) in [5.74, 6) is 0.206. The fourth-order valence-corrected chi connectivity index (χ4v) is 1.51. The van der Waals surface area contributed by atoms with E-state index in [-0.39, 0.29) is 5.91 Å². The normalized spacial score (nSPS) is 20.2. The second-order valence-corrected chi connectivity index (χ2v) is 3.21. The van der Waals surface area contributed by atoms with Crippen molar-refractivity contribution >= 4 is 12.0 Å². The highest BCUT2D eigenvalue weighted by atomic mass is 16.2. The van der Waals surface area contributed by atoms with Crippen LogP contribution in [0.2, 0.25) is 0 Å². The van der Waals surface area contributed by atoms with Crippen molar-refractivity contribution in [1.29, 1.82) is 0 Å². The third-order valence-electron chi connectivity index (χ3n) is 2.34. The summed E-state index contributed by atoms with van der Waals surface area (Å²) >= 11 is 0. The van der Waals surface area contributed by atoms with Gasteiger partial charge in [-0.15, -0.1) is 0 Å². The summed E-state index contributed by atoms with van der Waals surface area (Å²) in [4.78, 5) is 16.0. The molecule has 2 heterocycles. The van der Waals surface area contributed by atoms with Gasteiger partial charge >= 0.3 is 0 Å². The van der Waals surface area contributed by atoms with Gasteiger partial charge in [-0.05, 0) is 24.6 Å². The lowest BCUT2D eigenvalue weighted by atomic mass is 10.2. The van der Waals surface area contributed by atoms with Gasteiger partial charge in [-0.2, -0.15) is 0 Å². The number of nitrogens with one attached hydrogen (secondary N) is 1. The van der Waals surface area contributed by atoms with Crippen molar-refractivity contribution in [3.05, 3.63) is 29.7 Å². The van der Waals surface area contributed by atoms with Crippen molar-refractivity contribution in [3.8, 4) is 0 Å². The van der Waals surface area contributed by atoms with Gasteiger partial charge in [-0.25, -0.2) is 0 Å². The second kappa shape index (κ2) is 3.09. The Morgan fingerprint density at radius 2 is 2.38 bits per heavy atom. The van der Waals surface area contributed by atoms with Crippen LogP contribution in [0.1, 0.15) is 18.5 Å². The zero-order valence-electron chi connectivity index (χ0n) is 7.58. The van der Waals surface area contributed by atoms with Crippen LogP contribution < -0.4 is 0 Å². The molecule has 0 radical (unpaired) electrons. The Morgan fingerprint density at radius 1 is 1.54 bits per heavy atom. The Labute approximate surface area is 77.1 Å². The first-order chi connectivity index (χ1) is 6.27. The van der Waals surface area contributed by atoms with E-state index in [1.165, 1.54) is 0 Å². The maximum absolute atomic E-state index is 11.2. The molecule has 1 aliphatic heterocycles. The van der Waals surface area contributed by atoms with Gasteiger partial charge in [0.05, 0.1) is 0 Å². The second-order valence-electron chi connectivity index (χ2n) is 3.21. The Kier molecular flexibility index (Phi) is 1.93. The number of allylic oxidation sites excluding steroid dienone is 1. The van der Waals surface area contributed by atoms with Gasteiger partial charge in [0, 0.05) is 31.1 Å². The van der Waals surface area contributed by atoms with E-state index in [1.54, 1.807) is 4.90 Å². The molecule has 3 heteroatoms. The van der Waals surface area contributed by atoms with Crippen LogP contribution in [-0.4, -0.2) is 22.8 Å². The molecule has 1 fully saturated rings. The summed E-state index contributed by atoms with van der Waals surface area (Å²) in [6.45, 7) is 0. The van der Waals surface area contributed by atoms with E-state index in [9.17, 15) is 4.79 Å². The van der Waals surface area contributed by atoms with E-state index in [0.717, 1.165) is 17.8 Å². The van der Waals surface area contributed by atoms with Crippen LogP contribution in [0.5, 0.6) is 0 Å². The van der Waals surface area contributed by atoms with Crippen molar-refractivity contribution in [1.82, 2.24) is 9.88 Å². The minimum Gasteiger partial charge on any atom is -0.362 e. The van der Waals surface area contributed by atoms with Crippen LogP contribution in [0.3, 0.4) is 0 Å². The van der Waals surface area contributed by atoms with E-state index in [2.05, 4.69) is 4.98 Å². The van der Waals surface area contributed by atoms with E-state index < -0.39 is 0 Å². The van der Waals surface area contributed by atoms with Crippen molar-refractivity contribution in [2.75, 3.05) is 7.05 Å². The van der Waals surface area contributed by atoms with Gasteiger partial charge in [-0.3, -0.25) is 4.79 Å². The molecule has 0 aromatic carbocycles. The fraction of sp³-hybridized carbons (Fsp3) is 0.300. The lowest BCUT2D eigenvalue weighted by Gasteiger charge is -2.09. The van der Waals surface area contributed by atoms with Crippen molar-refractivity contribution in [2.45, 2.75) is 12.8 Å². The van der Waals surface area contributed by atoms with E-state index in [4.69, 9.17) is 0 Å². The molecule has 2 rings (SSSR count). The Morgan fingerprint density at radius 3 is 2.92 bits per heavy atom. The van der Waals surface area contributed by atoms with E-state index >= 15 is 0 Å². The third-order valence-corrected chi connectivity index (χ3v) is 2.34. The van der Waals surface area contributed by atoms with Crippen LogP contribution in [-0.2, 0) is 4.79 Å². The molecule has 1 amide bonds. The molecule has 0 aliphatic carbocycles. The molecule has 1 aliphatic rings. The van der Waals surface area contributed by atoms with Gasteiger partial charge < -0.3 is 9.88 Å². The number of aromatic nitrogens is 1. The molecule has 1 aromatic rings. The molecular formula is C10H12N2O. The van der Waals surface area contributed by atoms with Crippen LogP contribution in [0.15, 0.2) is 24.0 Å². The third kappa shape index (κ3) is 1.49. The van der Waals surface area contributed by atoms with Crippen LogP contribution in [0.4, 0.5) is 0 Å². The molecule has 1 N–H and O–H groups in total. The molecule has 0 atom stereocenters. The Balaban J connectivity index is 2.22. The molecule has 1 saturated heterocycles. The monoisotopic (exact) mass is 176 g/mol. The van der Waals surface area contributed by atoms with E-state index in [0.29, 0.717) is 6.42 Å². The van der Waals surface area contributed by atoms with Gasteiger partial charge in [0.2, 0.25) is 5.91 Å². The topological polar surface area (TPSA) is 36.1 Å². The molecule has 0 spiro atoms. The van der Waals surface area contributed by atoms with Gasteiger partial charge in [0.25, 0.3) is 0 Å². The number of nitrogens with zero attached hydrogens (tertiary/aromatic N) is 1. The number of hydrogen-bond acceptors (Lipinski definition) is 1. The number of H-pyrrole nitrogens is 1. The predicted molar refractivity (Wildman–Crippen MR) is 50.8 cm³/mol.